The van der Waals surface area contributed by atoms with Crippen LogP contribution in [0.15, 0.2) is 84.9 Å². The van der Waals surface area contributed by atoms with Crippen molar-refractivity contribution in [2.75, 3.05) is 0 Å². The van der Waals surface area contributed by atoms with Crippen molar-refractivity contribution in [2.24, 2.45) is 0 Å². The molecular weight excluding hydrogens is 362 g/mol. The molecule has 0 saturated heterocycles. The number of benzene rings is 4. The number of aryl methyl sites for hydroxylation is 1. The number of rotatable bonds is 4. The predicted molar refractivity (Wildman–Crippen MR) is 122 cm³/mol. The van der Waals surface area contributed by atoms with E-state index in [0.717, 1.165) is 17.5 Å². The zero-order chi connectivity index (χ0) is 18.8. The molecule has 0 aliphatic rings. The largest absolute Gasteiger partial charge is 0.300 e. The van der Waals surface area contributed by atoms with Crippen molar-refractivity contribution in [3.8, 4) is 0 Å². The summed E-state index contributed by atoms with van der Waals surface area (Å²) in [7, 11) is 0. The van der Waals surface area contributed by atoms with E-state index >= 15 is 0 Å². The first-order chi connectivity index (χ1) is 13.1. The molecule has 0 unspecified atom stereocenters. The molecule has 1 N–H and O–H groups in total. The Labute approximate surface area is 173 Å². The van der Waals surface area contributed by atoms with E-state index in [2.05, 4.69) is 86.6 Å². The Kier molecular flexibility index (Phi) is 5.96. The molecule has 0 bridgehead atoms. The highest BCUT2D eigenvalue weighted by atomic mass is 35.5. The third kappa shape index (κ3) is 3.72. The van der Waals surface area contributed by atoms with Crippen molar-refractivity contribution in [3.05, 3.63) is 118 Å². The number of nitrogens with one attached hydrogen (secondary N) is 1. The number of hydrogen-bond acceptors (Lipinski definition) is 1. The highest BCUT2D eigenvalue weighted by Crippen LogP contribution is 2.25. The molecule has 0 saturated carbocycles. The molecule has 0 atom stereocenters. The second-order valence-electron chi connectivity index (χ2n) is 7.09. The van der Waals surface area contributed by atoms with Crippen molar-refractivity contribution >= 4 is 28.9 Å². The van der Waals surface area contributed by atoms with E-state index in [9.17, 15) is 0 Å². The molecule has 4 aromatic rings. The van der Waals surface area contributed by atoms with Crippen LogP contribution in [0.25, 0.3) is 10.8 Å². The minimum absolute atomic E-state index is 0. The summed E-state index contributed by atoms with van der Waals surface area (Å²) < 4.78 is 0. The zero-order valence-corrected chi connectivity index (χ0v) is 17.0. The van der Waals surface area contributed by atoms with Crippen molar-refractivity contribution < 1.29 is 0 Å². The molecule has 4 rings (SSSR count). The normalized spacial score (nSPS) is 10.5. The lowest BCUT2D eigenvalue weighted by molar-refractivity contribution is 1.20. The Hall–Kier alpha value is -2.90. The summed E-state index contributed by atoms with van der Waals surface area (Å²) in [5.74, 6) is 0. The van der Waals surface area contributed by atoms with Gasteiger partial charge in [0.15, 0.2) is 0 Å². The Morgan fingerprint density at radius 1 is 0.679 bits per heavy atom. The average Bonchev–Trinajstić information content (AvgIpc) is 2.70. The van der Waals surface area contributed by atoms with Gasteiger partial charge in [0.2, 0.25) is 0 Å². The van der Waals surface area contributed by atoms with Crippen LogP contribution >= 0.6 is 12.4 Å². The van der Waals surface area contributed by atoms with Crippen molar-refractivity contribution in [3.63, 3.8) is 0 Å². The first kappa shape index (κ1) is 19.9. The van der Waals surface area contributed by atoms with Crippen LogP contribution in [0.4, 0.5) is 0 Å². The van der Waals surface area contributed by atoms with Gasteiger partial charge in [0.25, 0.3) is 0 Å². The van der Waals surface area contributed by atoms with E-state index in [1.54, 1.807) is 0 Å². The summed E-state index contributed by atoms with van der Waals surface area (Å²) >= 11 is 0. The van der Waals surface area contributed by atoms with Gasteiger partial charge in [-0.15, -0.1) is 12.4 Å². The van der Waals surface area contributed by atoms with Crippen LogP contribution in [0, 0.1) is 19.3 Å². The zero-order valence-electron chi connectivity index (χ0n) is 16.2. The molecule has 0 aromatic heterocycles. The third-order valence-corrected chi connectivity index (χ3v) is 5.42. The SMILES string of the molecule is Cc1cccc(C(=N)c2ccccc2Cc2cccc3ccccc23)c1C.Cl. The summed E-state index contributed by atoms with van der Waals surface area (Å²) in [5.41, 5.74) is 7.53. The first-order valence-corrected chi connectivity index (χ1v) is 9.35. The fourth-order valence-corrected chi connectivity index (χ4v) is 3.74. The van der Waals surface area contributed by atoms with E-state index in [4.69, 9.17) is 5.41 Å². The van der Waals surface area contributed by atoms with E-state index in [1.807, 2.05) is 12.1 Å². The quantitative estimate of drug-likeness (QED) is 0.370. The first-order valence-electron chi connectivity index (χ1n) is 9.35. The maximum Gasteiger partial charge on any atom is 0.0690 e. The lowest BCUT2D eigenvalue weighted by Crippen LogP contribution is -2.08. The number of fused-ring (bicyclic) bond motifs is 1. The number of hydrogen-bond donors (Lipinski definition) is 1. The fourth-order valence-electron chi connectivity index (χ4n) is 3.74. The Balaban J connectivity index is 0.00000225. The van der Waals surface area contributed by atoms with Crippen LogP contribution < -0.4 is 0 Å². The average molecular weight is 386 g/mol. The highest BCUT2D eigenvalue weighted by Gasteiger charge is 2.13. The molecular formula is C26H24ClN. The summed E-state index contributed by atoms with van der Waals surface area (Å²) in [5, 5.41) is 11.4. The summed E-state index contributed by atoms with van der Waals surface area (Å²) in [6, 6.07) is 29.5. The molecule has 140 valence electrons. The van der Waals surface area contributed by atoms with E-state index in [1.165, 1.54) is 33.0 Å². The maximum absolute atomic E-state index is 8.88. The second kappa shape index (κ2) is 8.41. The van der Waals surface area contributed by atoms with Crippen LogP contribution in [0.2, 0.25) is 0 Å². The molecule has 2 heteroatoms. The molecule has 28 heavy (non-hydrogen) atoms. The molecule has 0 heterocycles. The molecule has 0 aliphatic carbocycles. The Morgan fingerprint density at radius 2 is 1.29 bits per heavy atom. The molecule has 0 fully saturated rings. The molecule has 0 spiro atoms. The Bertz CT molecular complexity index is 1140. The van der Waals surface area contributed by atoms with Crippen LogP contribution in [0.3, 0.4) is 0 Å². The molecule has 0 amide bonds. The van der Waals surface area contributed by atoms with Gasteiger partial charge in [0.05, 0.1) is 5.71 Å². The van der Waals surface area contributed by atoms with Crippen molar-refractivity contribution in [2.45, 2.75) is 20.3 Å². The van der Waals surface area contributed by atoms with Crippen LogP contribution in [0.1, 0.15) is 33.4 Å². The van der Waals surface area contributed by atoms with Gasteiger partial charge in [0, 0.05) is 11.1 Å². The van der Waals surface area contributed by atoms with Gasteiger partial charge in [-0.25, -0.2) is 0 Å². The van der Waals surface area contributed by atoms with Crippen molar-refractivity contribution in [1.82, 2.24) is 0 Å². The minimum Gasteiger partial charge on any atom is -0.300 e. The summed E-state index contributed by atoms with van der Waals surface area (Å²) in [6.07, 6.45) is 0.824. The van der Waals surface area contributed by atoms with Gasteiger partial charge >= 0.3 is 0 Å². The predicted octanol–water partition coefficient (Wildman–Crippen LogP) is 6.89. The van der Waals surface area contributed by atoms with Gasteiger partial charge in [0.1, 0.15) is 0 Å². The van der Waals surface area contributed by atoms with Crippen LogP contribution in [-0.2, 0) is 6.42 Å². The maximum atomic E-state index is 8.88. The van der Waals surface area contributed by atoms with Crippen LogP contribution in [0.5, 0.6) is 0 Å². The minimum atomic E-state index is 0. The molecule has 0 aliphatic heterocycles. The Morgan fingerprint density at radius 3 is 2.14 bits per heavy atom. The molecule has 1 nitrogen and oxygen atoms in total. The topological polar surface area (TPSA) is 23.9 Å². The van der Waals surface area contributed by atoms with Gasteiger partial charge in [-0.05, 0) is 53.3 Å². The van der Waals surface area contributed by atoms with Crippen LogP contribution in [-0.4, -0.2) is 5.71 Å². The van der Waals surface area contributed by atoms with E-state index < -0.39 is 0 Å². The van der Waals surface area contributed by atoms with Gasteiger partial charge in [-0.1, -0.05) is 84.9 Å². The standard InChI is InChI=1S/C26H23N.ClH/c1-18-9-7-16-23(19(18)2)26(27)25-15-6-4-11-22(25)17-21-13-8-12-20-10-3-5-14-24(20)21;/h3-16,27H,17H2,1-2H3;1H. The lowest BCUT2D eigenvalue weighted by Gasteiger charge is -2.15. The molecule has 4 aromatic carbocycles. The monoisotopic (exact) mass is 385 g/mol. The van der Waals surface area contributed by atoms with Gasteiger partial charge < -0.3 is 0 Å². The molecule has 0 radical (unpaired) electrons. The highest BCUT2D eigenvalue weighted by molar-refractivity contribution is 6.12. The second-order valence-corrected chi connectivity index (χ2v) is 7.09. The van der Waals surface area contributed by atoms with E-state index in [-0.39, 0.29) is 12.4 Å². The summed E-state index contributed by atoms with van der Waals surface area (Å²) in [4.78, 5) is 0. The van der Waals surface area contributed by atoms with Gasteiger partial charge in [-0.2, -0.15) is 0 Å². The van der Waals surface area contributed by atoms with Crippen molar-refractivity contribution in [1.29, 1.82) is 5.41 Å². The lowest BCUT2D eigenvalue weighted by atomic mass is 9.90. The van der Waals surface area contributed by atoms with Gasteiger partial charge in [-0.3, -0.25) is 5.41 Å². The smallest absolute Gasteiger partial charge is 0.0690 e. The van der Waals surface area contributed by atoms with E-state index in [0.29, 0.717) is 5.71 Å². The fraction of sp³-hybridized carbons (Fsp3) is 0.115. The third-order valence-electron chi connectivity index (χ3n) is 5.42. The summed E-state index contributed by atoms with van der Waals surface area (Å²) in [6.45, 7) is 4.21. The number of halogens is 1.